The molecule has 0 aromatic heterocycles. The zero-order chi connectivity index (χ0) is 22.0. The molecule has 0 unspecified atom stereocenters. The minimum absolute atomic E-state index is 0.00510. The van der Waals surface area contributed by atoms with Crippen molar-refractivity contribution in [3.8, 4) is 17.2 Å². The molecule has 0 spiro atoms. The number of benzene rings is 3. The first-order valence-electron chi connectivity index (χ1n) is 8.51. The molecule has 0 atom stereocenters. The molecule has 0 aliphatic rings. The molecule has 0 saturated heterocycles. The summed E-state index contributed by atoms with van der Waals surface area (Å²) < 4.78 is 53.0. The second-order valence-electron chi connectivity index (χ2n) is 6.38. The highest BCUT2D eigenvalue weighted by atomic mass is 35.5. The summed E-state index contributed by atoms with van der Waals surface area (Å²) in [5.41, 5.74) is 0.657. The summed E-state index contributed by atoms with van der Waals surface area (Å²) in [7, 11) is 0. The van der Waals surface area contributed by atoms with Gasteiger partial charge in [-0.05, 0) is 42.8 Å². The van der Waals surface area contributed by atoms with Gasteiger partial charge in [0.2, 0.25) is 0 Å². The van der Waals surface area contributed by atoms with E-state index in [1.54, 1.807) is 13.0 Å². The molecule has 3 aromatic carbocycles. The van der Waals surface area contributed by atoms with E-state index in [0.717, 1.165) is 18.2 Å². The zero-order valence-electron chi connectivity index (χ0n) is 15.4. The normalized spacial score (nSPS) is 10.9. The van der Waals surface area contributed by atoms with Crippen LogP contribution in [0, 0.1) is 24.4 Å². The van der Waals surface area contributed by atoms with Crippen molar-refractivity contribution in [1.29, 1.82) is 0 Å². The van der Waals surface area contributed by atoms with Crippen LogP contribution in [-0.4, -0.2) is 5.11 Å². The maximum atomic E-state index is 14.2. The van der Waals surface area contributed by atoms with Gasteiger partial charge in [-0.2, -0.15) is 0 Å². The molecule has 0 heterocycles. The summed E-state index contributed by atoms with van der Waals surface area (Å²) in [6.45, 7) is 1.07. The van der Waals surface area contributed by atoms with E-state index in [4.69, 9.17) is 44.3 Å². The van der Waals surface area contributed by atoms with E-state index >= 15 is 0 Å². The van der Waals surface area contributed by atoms with Gasteiger partial charge in [-0.3, -0.25) is 0 Å². The summed E-state index contributed by atoms with van der Waals surface area (Å²) in [5.74, 6) is -2.95. The Morgan fingerprint density at radius 3 is 2.00 bits per heavy atom. The largest absolute Gasteiger partial charge is 0.506 e. The van der Waals surface area contributed by atoms with E-state index < -0.39 is 24.1 Å². The average Bonchev–Trinajstić information content (AvgIpc) is 2.67. The topological polar surface area (TPSA) is 38.7 Å². The van der Waals surface area contributed by atoms with Crippen LogP contribution in [0.3, 0.4) is 0 Å². The Labute approximate surface area is 185 Å². The smallest absolute Gasteiger partial charge is 0.168 e. The van der Waals surface area contributed by atoms with Crippen molar-refractivity contribution in [2.24, 2.45) is 0 Å². The number of ether oxygens (including phenoxy) is 2. The maximum absolute atomic E-state index is 14.2. The molecule has 30 heavy (non-hydrogen) atoms. The van der Waals surface area contributed by atoms with Gasteiger partial charge < -0.3 is 14.6 Å². The van der Waals surface area contributed by atoms with Gasteiger partial charge in [0, 0.05) is 22.2 Å². The van der Waals surface area contributed by atoms with Gasteiger partial charge in [0.05, 0.1) is 10.0 Å². The quantitative estimate of drug-likeness (QED) is 0.407. The number of phenolic OH excluding ortho intramolecular Hbond substituents is 1. The van der Waals surface area contributed by atoms with Crippen molar-refractivity contribution in [3.63, 3.8) is 0 Å². The Hall–Kier alpha value is -2.28. The summed E-state index contributed by atoms with van der Waals surface area (Å²) in [5, 5.41) is 10.1. The number of rotatable bonds is 6. The van der Waals surface area contributed by atoms with Gasteiger partial charge in [-0.15, -0.1) is 0 Å². The molecule has 3 rings (SSSR count). The fourth-order valence-corrected chi connectivity index (χ4v) is 3.12. The highest BCUT2D eigenvalue weighted by Gasteiger charge is 2.15. The average molecular weight is 478 g/mol. The molecular formula is C21H14Cl3F3O3. The SMILES string of the molecule is Cc1cc(OCc2cc(OCc3cc(O)c(Cl)cc3F)c(F)cc2F)c(Cl)cc1Cl. The van der Waals surface area contributed by atoms with Gasteiger partial charge in [0.1, 0.15) is 36.3 Å². The van der Waals surface area contributed by atoms with Gasteiger partial charge in [-0.1, -0.05) is 34.8 Å². The molecule has 0 fully saturated rings. The molecule has 9 heteroatoms. The lowest BCUT2D eigenvalue weighted by atomic mass is 10.2. The molecule has 3 aromatic rings. The van der Waals surface area contributed by atoms with E-state index in [0.29, 0.717) is 16.7 Å². The summed E-state index contributed by atoms with van der Waals surface area (Å²) in [4.78, 5) is 0. The second-order valence-corrected chi connectivity index (χ2v) is 7.60. The van der Waals surface area contributed by atoms with Crippen LogP contribution in [0.5, 0.6) is 17.2 Å². The molecule has 0 aliphatic heterocycles. The fourth-order valence-electron chi connectivity index (χ4n) is 2.54. The van der Waals surface area contributed by atoms with Crippen LogP contribution >= 0.6 is 34.8 Å². The molecule has 0 saturated carbocycles. The Morgan fingerprint density at radius 2 is 1.30 bits per heavy atom. The number of aromatic hydroxyl groups is 1. The van der Waals surface area contributed by atoms with Crippen LogP contribution in [0.25, 0.3) is 0 Å². The predicted octanol–water partition coefficient (Wildman–Crippen LogP) is 7.24. The minimum atomic E-state index is -0.977. The molecule has 158 valence electrons. The van der Waals surface area contributed by atoms with Crippen molar-refractivity contribution in [1.82, 2.24) is 0 Å². The number of aryl methyl sites for hydroxylation is 1. The van der Waals surface area contributed by atoms with Crippen LogP contribution in [0.4, 0.5) is 13.2 Å². The highest BCUT2D eigenvalue weighted by Crippen LogP contribution is 2.32. The minimum Gasteiger partial charge on any atom is -0.506 e. The Morgan fingerprint density at radius 1 is 0.700 bits per heavy atom. The lowest BCUT2D eigenvalue weighted by molar-refractivity contribution is 0.276. The van der Waals surface area contributed by atoms with E-state index in [9.17, 15) is 18.3 Å². The molecule has 0 radical (unpaired) electrons. The lowest BCUT2D eigenvalue weighted by Gasteiger charge is -2.13. The molecule has 0 bridgehead atoms. The standard InChI is InChI=1S/C21H14Cl3F3O3/c1-10-2-20(15(24)5-13(10)22)29-9-12-4-21(18(27)7-17(12)26)30-8-11-3-19(28)14(23)6-16(11)25/h2-7,28H,8-9H2,1H3. The zero-order valence-corrected chi connectivity index (χ0v) is 17.7. The first-order valence-corrected chi connectivity index (χ1v) is 9.65. The third kappa shape index (κ3) is 5.06. The van der Waals surface area contributed by atoms with Crippen molar-refractivity contribution < 1.29 is 27.8 Å². The first-order chi connectivity index (χ1) is 14.2. The summed E-state index contributed by atoms with van der Waals surface area (Å²) >= 11 is 17.7. The van der Waals surface area contributed by atoms with Crippen molar-refractivity contribution in [3.05, 3.63) is 85.6 Å². The number of halogens is 6. The van der Waals surface area contributed by atoms with Crippen LogP contribution in [0.1, 0.15) is 16.7 Å². The van der Waals surface area contributed by atoms with Crippen molar-refractivity contribution in [2.45, 2.75) is 20.1 Å². The Bertz CT molecular complexity index is 1020. The fraction of sp³-hybridized carbons (Fsp3) is 0.143. The van der Waals surface area contributed by atoms with Gasteiger partial charge in [0.25, 0.3) is 0 Å². The van der Waals surface area contributed by atoms with Crippen LogP contribution < -0.4 is 9.47 Å². The van der Waals surface area contributed by atoms with Gasteiger partial charge >= 0.3 is 0 Å². The summed E-state index contributed by atoms with van der Waals surface area (Å²) in [6.07, 6.45) is 0. The molecular weight excluding hydrogens is 464 g/mol. The maximum Gasteiger partial charge on any atom is 0.168 e. The van der Waals surface area contributed by atoms with E-state index in [2.05, 4.69) is 0 Å². The molecule has 0 aliphatic carbocycles. The van der Waals surface area contributed by atoms with Crippen molar-refractivity contribution >= 4 is 34.8 Å². The van der Waals surface area contributed by atoms with Crippen LogP contribution in [-0.2, 0) is 13.2 Å². The number of hydrogen-bond donors (Lipinski definition) is 1. The van der Waals surface area contributed by atoms with Gasteiger partial charge in [-0.25, -0.2) is 13.2 Å². The third-order valence-electron chi connectivity index (χ3n) is 4.20. The highest BCUT2D eigenvalue weighted by molar-refractivity contribution is 6.36. The summed E-state index contributed by atoms with van der Waals surface area (Å²) in [6, 6.07) is 6.81. The van der Waals surface area contributed by atoms with E-state index in [1.807, 2.05) is 0 Å². The van der Waals surface area contributed by atoms with E-state index in [-0.39, 0.29) is 45.0 Å². The second kappa shape index (κ2) is 9.25. The molecule has 3 nitrogen and oxygen atoms in total. The number of phenols is 1. The van der Waals surface area contributed by atoms with Gasteiger partial charge in [0.15, 0.2) is 11.6 Å². The van der Waals surface area contributed by atoms with Crippen LogP contribution in [0.15, 0.2) is 36.4 Å². The monoisotopic (exact) mass is 476 g/mol. The van der Waals surface area contributed by atoms with Crippen molar-refractivity contribution in [2.75, 3.05) is 0 Å². The Balaban J connectivity index is 1.77. The first kappa shape index (κ1) is 22.4. The van der Waals surface area contributed by atoms with Crippen LogP contribution in [0.2, 0.25) is 15.1 Å². The Kier molecular flexibility index (Phi) is 6.91. The lowest BCUT2D eigenvalue weighted by Crippen LogP contribution is -2.04. The predicted molar refractivity (Wildman–Crippen MR) is 109 cm³/mol. The third-order valence-corrected chi connectivity index (χ3v) is 5.20. The molecule has 0 amide bonds. The van der Waals surface area contributed by atoms with E-state index in [1.165, 1.54) is 6.07 Å². The molecule has 1 N–H and O–H groups in total. The number of hydrogen-bond acceptors (Lipinski definition) is 3.